The number of fused-ring (bicyclic) bond motifs is 11. The number of anilines is 3. The summed E-state index contributed by atoms with van der Waals surface area (Å²) in [5.74, 6) is 0.362. The van der Waals surface area contributed by atoms with E-state index in [-0.39, 0.29) is 5.41 Å². The number of nitrogens with zero attached hydrogens (tertiary/aromatic N) is 2. The second kappa shape index (κ2) is 16.7. The Labute approximate surface area is 428 Å². The molecule has 0 saturated carbocycles. The van der Waals surface area contributed by atoms with E-state index in [2.05, 4.69) is 285 Å². The summed E-state index contributed by atoms with van der Waals surface area (Å²) < 4.78 is 2.48. The Kier molecular flexibility index (Phi) is 9.85. The molecule has 3 aliphatic carbocycles. The number of hydrogen-bond donors (Lipinski definition) is 0. The fraction of sp³-hybridized carbons (Fsp3) is 0.0986. The highest BCUT2D eigenvalue weighted by molar-refractivity contribution is 6.15. The minimum atomic E-state index is -0.529. The highest BCUT2D eigenvalue weighted by Gasteiger charge is 2.54. The molecule has 0 saturated heterocycles. The Morgan fingerprint density at radius 2 is 0.973 bits per heavy atom. The molecule has 0 fully saturated rings. The van der Waals surface area contributed by atoms with Crippen LogP contribution in [0.5, 0.6) is 0 Å². The molecule has 1 unspecified atom stereocenters. The Bertz CT molecular complexity index is 4000. The van der Waals surface area contributed by atoms with Crippen molar-refractivity contribution in [2.45, 2.75) is 38.0 Å². The summed E-state index contributed by atoms with van der Waals surface area (Å²) in [6.07, 6.45) is 5.93. The molecular formula is C71H54N2. The lowest BCUT2D eigenvalue weighted by atomic mass is 9.55. The van der Waals surface area contributed by atoms with Crippen LogP contribution in [0, 0.1) is 5.92 Å². The smallest absolute Gasteiger partial charge is 0.0782 e. The van der Waals surface area contributed by atoms with Gasteiger partial charge in [-0.25, -0.2) is 0 Å². The molecule has 0 amide bonds. The van der Waals surface area contributed by atoms with Crippen molar-refractivity contribution in [2.24, 2.45) is 5.92 Å². The number of para-hydroxylation sites is 4. The maximum absolute atomic E-state index is 2.59. The van der Waals surface area contributed by atoms with Crippen LogP contribution in [0.15, 0.2) is 260 Å². The summed E-state index contributed by atoms with van der Waals surface area (Å²) >= 11 is 0. The first-order valence-corrected chi connectivity index (χ1v) is 25.9. The molecule has 1 atom stereocenters. The lowest BCUT2D eigenvalue weighted by Gasteiger charge is -2.47. The van der Waals surface area contributed by atoms with Gasteiger partial charge in [-0.3, -0.25) is 0 Å². The molecule has 11 aromatic rings. The van der Waals surface area contributed by atoms with Gasteiger partial charge < -0.3 is 9.47 Å². The minimum Gasteiger partial charge on any atom is -0.308 e. The van der Waals surface area contributed by atoms with Crippen molar-refractivity contribution in [2.75, 3.05) is 4.90 Å². The quantitative estimate of drug-likeness (QED) is 0.155. The van der Waals surface area contributed by atoms with Gasteiger partial charge in [-0.2, -0.15) is 0 Å². The standard InChI is InChI=1S/C71H54N2/c1-47-24-22-40-63-68(47)58-45-44-50(46-64(58)71(63)61-38-18-16-36-59(61)70(2,3)60-37-17-19-39-62(60)71)72(67-43-23-35-57-56-34-15-21-42-66(56)73(69(57)67)49-27-8-5-9-28-49)65-41-20-14-33-55(65)54-32-13-12-31-53(54)52-30-11-10-29-51(52)48-25-6-4-7-26-48/h4-23,25-47H,24H2,1-3H3. The molecule has 3 aliphatic rings. The van der Waals surface area contributed by atoms with E-state index in [1.165, 1.54) is 88.6 Å². The van der Waals surface area contributed by atoms with E-state index in [4.69, 9.17) is 0 Å². The summed E-state index contributed by atoms with van der Waals surface area (Å²) in [7, 11) is 0. The van der Waals surface area contributed by atoms with Crippen LogP contribution in [-0.4, -0.2) is 4.57 Å². The lowest BCUT2D eigenvalue weighted by Crippen LogP contribution is -2.41. The van der Waals surface area contributed by atoms with Crippen LogP contribution in [-0.2, 0) is 10.8 Å². The van der Waals surface area contributed by atoms with Crippen LogP contribution in [0.1, 0.15) is 60.6 Å². The summed E-state index contributed by atoms with van der Waals surface area (Å²) in [6, 6.07) is 90.6. The van der Waals surface area contributed by atoms with Gasteiger partial charge in [0.25, 0.3) is 0 Å². The maximum atomic E-state index is 2.59. The van der Waals surface area contributed by atoms with Crippen LogP contribution in [0.25, 0.3) is 66.4 Å². The molecule has 1 heterocycles. The second-order valence-corrected chi connectivity index (χ2v) is 20.7. The molecule has 10 aromatic carbocycles. The van der Waals surface area contributed by atoms with Gasteiger partial charge in [0.1, 0.15) is 0 Å². The van der Waals surface area contributed by atoms with E-state index in [1.54, 1.807) is 0 Å². The molecule has 1 aromatic heterocycles. The topological polar surface area (TPSA) is 8.17 Å². The average Bonchev–Trinajstić information content (AvgIpc) is 3.95. The van der Waals surface area contributed by atoms with Gasteiger partial charge in [0.15, 0.2) is 0 Å². The van der Waals surface area contributed by atoms with Crippen LogP contribution in [0.4, 0.5) is 17.1 Å². The average molecular weight is 935 g/mol. The normalized spacial score (nSPS) is 15.8. The second-order valence-electron chi connectivity index (χ2n) is 20.7. The van der Waals surface area contributed by atoms with Gasteiger partial charge in [0.05, 0.1) is 27.8 Å². The number of aromatic nitrogens is 1. The minimum absolute atomic E-state index is 0.193. The fourth-order valence-electron chi connectivity index (χ4n) is 13.4. The summed E-state index contributed by atoms with van der Waals surface area (Å²) in [4.78, 5) is 2.59. The third-order valence-corrected chi connectivity index (χ3v) is 16.5. The third kappa shape index (κ3) is 6.30. The summed E-state index contributed by atoms with van der Waals surface area (Å²) in [6.45, 7) is 7.26. The first-order valence-electron chi connectivity index (χ1n) is 25.9. The molecule has 1 spiro atoms. The molecule has 0 radical (unpaired) electrons. The Morgan fingerprint density at radius 1 is 0.438 bits per heavy atom. The van der Waals surface area contributed by atoms with Gasteiger partial charge in [-0.1, -0.05) is 233 Å². The van der Waals surface area contributed by atoms with E-state index in [0.29, 0.717) is 5.92 Å². The van der Waals surface area contributed by atoms with Gasteiger partial charge in [0.2, 0.25) is 0 Å². The largest absolute Gasteiger partial charge is 0.308 e. The zero-order valence-electron chi connectivity index (χ0n) is 41.4. The van der Waals surface area contributed by atoms with Crippen molar-refractivity contribution < 1.29 is 0 Å². The van der Waals surface area contributed by atoms with Crippen LogP contribution >= 0.6 is 0 Å². The van der Waals surface area contributed by atoms with Crippen molar-refractivity contribution in [3.8, 4) is 39.1 Å². The van der Waals surface area contributed by atoms with Crippen molar-refractivity contribution in [3.63, 3.8) is 0 Å². The van der Waals surface area contributed by atoms with Crippen LogP contribution in [0.2, 0.25) is 0 Å². The van der Waals surface area contributed by atoms with Gasteiger partial charge >= 0.3 is 0 Å². The van der Waals surface area contributed by atoms with Gasteiger partial charge in [0, 0.05) is 33.1 Å². The highest BCUT2D eigenvalue weighted by atomic mass is 15.2. The predicted octanol–water partition coefficient (Wildman–Crippen LogP) is 18.6. The molecule has 0 N–H and O–H groups in total. The number of benzene rings is 10. The number of rotatable bonds is 7. The highest BCUT2D eigenvalue weighted by Crippen LogP contribution is 2.64. The first-order chi connectivity index (χ1) is 35.9. The summed E-state index contributed by atoms with van der Waals surface area (Å²) in [5, 5.41) is 2.44. The Balaban J connectivity index is 1.09. The lowest BCUT2D eigenvalue weighted by molar-refractivity contribution is 0.560. The van der Waals surface area contributed by atoms with Crippen molar-refractivity contribution in [3.05, 3.63) is 294 Å². The van der Waals surface area contributed by atoms with E-state index in [9.17, 15) is 0 Å². The van der Waals surface area contributed by atoms with E-state index >= 15 is 0 Å². The van der Waals surface area contributed by atoms with E-state index in [0.717, 1.165) is 40.3 Å². The summed E-state index contributed by atoms with van der Waals surface area (Å²) in [5.41, 5.74) is 24.3. The Morgan fingerprint density at radius 3 is 1.68 bits per heavy atom. The molecular weight excluding hydrogens is 881 g/mol. The number of allylic oxidation sites excluding steroid dienone is 4. The SMILES string of the molecule is CC1CC=CC2=C1c1ccc(N(c3ccccc3-c3ccccc3-c3ccccc3-c3ccccc3)c3cccc4c5ccccc5n(-c5ccccc5)c34)cc1C21c2ccccc2C(C)(C)c2ccccc21. The van der Waals surface area contributed by atoms with Crippen LogP contribution in [0.3, 0.4) is 0 Å². The first kappa shape index (κ1) is 43.1. The van der Waals surface area contributed by atoms with Gasteiger partial charge in [-0.05, 0) is 127 Å². The van der Waals surface area contributed by atoms with Gasteiger partial charge in [-0.15, -0.1) is 0 Å². The van der Waals surface area contributed by atoms with E-state index < -0.39 is 5.41 Å². The van der Waals surface area contributed by atoms with Crippen molar-refractivity contribution in [1.82, 2.24) is 4.57 Å². The monoisotopic (exact) mass is 934 g/mol. The molecule has 2 heteroatoms. The maximum Gasteiger partial charge on any atom is 0.0782 e. The molecule has 0 aliphatic heterocycles. The zero-order chi connectivity index (χ0) is 48.8. The molecule has 73 heavy (non-hydrogen) atoms. The van der Waals surface area contributed by atoms with Crippen LogP contribution < -0.4 is 4.90 Å². The van der Waals surface area contributed by atoms with E-state index in [1.807, 2.05) is 0 Å². The molecule has 348 valence electrons. The zero-order valence-corrected chi connectivity index (χ0v) is 41.4. The molecule has 0 bridgehead atoms. The fourth-order valence-corrected chi connectivity index (χ4v) is 13.4. The number of hydrogen-bond acceptors (Lipinski definition) is 1. The third-order valence-electron chi connectivity index (χ3n) is 16.5. The predicted molar refractivity (Wildman–Crippen MR) is 307 cm³/mol. The molecule has 2 nitrogen and oxygen atoms in total. The van der Waals surface area contributed by atoms with Crippen molar-refractivity contribution in [1.29, 1.82) is 0 Å². The van der Waals surface area contributed by atoms with Crippen molar-refractivity contribution >= 4 is 44.4 Å². The Hall–Kier alpha value is -8.72. The molecule has 14 rings (SSSR count).